The summed E-state index contributed by atoms with van der Waals surface area (Å²) < 4.78 is 1.59. The number of benzene rings is 1. The molecule has 0 spiro atoms. The Bertz CT molecular complexity index is 686. The minimum Gasteiger partial charge on any atom is -0.347 e. The van der Waals surface area contributed by atoms with Crippen LogP contribution in [-0.4, -0.2) is 33.7 Å². The molecule has 1 N–H and O–H groups in total. The Morgan fingerprint density at radius 2 is 2.00 bits per heavy atom. The molecule has 2 aromatic rings. The maximum atomic E-state index is 12.2. The van der Waals surface area contributed by atoms with E-state index in [-0.39, 0.29) is 5.91 Å². The maximum absolute atomic E-state index is 12.2. The third-order valence-corrected chi connectivity index (χ3v) is 4.78. The second-order valence-electron chi connectivity index (χ2n) is 6.80. The first kappa shape index (κ1) is 16.7. The predicted octanol–water partition coefficient (Wildman–Crippen LogP) is 2.58. The molecule has 1 aliphatic rings. The van der Waals surface area contributed by atoms with Gasteiger partial charge in [0.25, 0.3) is 5.91 Å². The van der Waals surface area contributed by atoms with Crippen molar-refractivity contribution in [2.24, 2.45) is 13.0 Å². The number of nitrogens with zero attached hydrogens (tertiary/aromatic N) is 3. The molecule has 1 aromatic carbocycles. The summed E-state index contributed by atoms with van der Waals surface area (Å²) in [5.41, 5.74) is 3.03. The van der Waals surface area contributed by atoms with Crippen molar-refractivity contribution < 1.29 is 4.79 Å². The number of amides is 1. The first-order valence-electron chi connectivity index (χ1n) is 8.68. The van der Waals surface area contributed by atoms with E-state index in [2.05, 4.69) is 46.5 Å². The van der Waals surface area contributed by atoms with Gasteiger partial charge in [-0.05, 0) is 49.0 Å². The fourth-order valence-corrected chi connectivity index (χ4v) is 3.19. The van der Waals surface area contributed by atoms with E-state index in [0.29, 0.717) is 12.2 Å². The van der Waals surface area contributed by atoms with Crippen molar-refractivity contribution in [1.29, 1.82) is 0 Å². The van der Waals surface area contributed by atoms with Crippen molar-refractivity contribution in [3.05, 3.63) is 53.3 Å². The van der Waals surface area contributed by atoms with Crippen LogP contribution >= 0.6 is 0 Å². The molecule has 1 aromatic heterocycles. The molecule has 0 unspecified atom stereocenters. The van der Waals surface area contributed by atoms with Crippen molar-refractivity contribution >= 4 is 5.91 Å². The lowest BCUT2D eigenvalue weighted by atomic mass is 9.98. The first-order chi connectivity index (χ1) is 11.6. The van der Waals surface area contributed by atoms with Crippen LogP contribution in [0.15, 0.2) is 36.5 Å². The van der Waals surface area contributed by atoms with E-state index in [1.807, 2.05) is 0 Å². The largest absolute Gasteiger partial charge is 0.347 e. The number of piperidine rings is 1. The molecule has 3 rings (SSSR count). The first-order valence-corrected chi connectivity index (χ1v) is 8.68. The third kappa shape index (κ3) is 4.23. The lowest BCUT2D eigenvalue weighted by molar-refractivity contribution is 0.0941. The number of rotatable bonds is 5. The van der Waals surface area contributed by atoms with Crippen LogP contribution in [0.3, 0.4) is 0 Å². The lowest BCUT2D eigenvalue weighted by Crippen LogP contribution is -2.32. The number of aromatic nitrogens is 2. The number of likely N-dealkylation sites (tertiary alicyclic amines) is 1. The van der Waals surface area contributed by atoms with Gasteiger partial charge in [-0.3, -0.25) is 14.4 Å². The minimum atomic E-state index is -0.0922. The molecule has 1 saturated heterocycles. The monoisotopic (exact) mass is 326 g/mol. The zero-order valence-corrected chi connectivity index (χ0v) is 14.5. The molecule has 1 amide bonds. The Morgan fingerprint density at radius 3 is 2.71 bits per heavy atom. The van der Waals surface area contributed by atoms with Crippen LogP contribution in [0, 0.1) is 5.92 Å². The summed E-state index contributed by atoms with van der Waals surface area (Å²) in [7, 11) is 1.77. The SMILES string of the molecule is CC1CCN(Cc2cccc(CNC(=O)c3ccnn3C)c2)CC1. The van der Waals surface area contributed by atoms with Crippen molar-refractivity contribution in [1.82, 2.24) is 20.0 Å². The van der Waals surface area contributed by atoms with Crippen molar-refractivity contribution in [3.63, 3.8) is 0 Å². The van der Waals surface area contributed by atoms with E-state index in [1.165, 1.54) is 31.5 Å². The molecule has 0 atom stereocenters. The van der Waals surface area contributed by atoms with Crippen LogP contribution in [0.1, 0.15) is 41.4 Å². The molecule has 2 heterocycles. The zero-order valence-electron chi connectivity index (χ0n) is 14.5. The highest BCUT2D eigenvalue weighted by molar-refractivity contribution is 5.92. The van der Waals surface area contributed by atoms with Crippen LogP contribution in [0.4, 0.5) is 0 Å². The van der Waals surface area contributed by atoms with Crippen molar-refractivity contribution in [2.45, 2.75) is 32.9 Å². The average molecular weight is 326 g/mol. The maximum Gasteiger partial charge on any atom is 0.269 e. The van der Waals surface area contributed by atoms with Crippen LogP contribution < -0.4 is 5.32 Å². The topological polar surface area (TPSA) is 50.2 Å². The van der Waals surface area contributed by atoms with Crippen LogP contribution in [-0.2, 0) is 20.1 Å². The van der Waals surface area contributed by atoms with Crippen LogP contribution in [0.5, 0.6) is 0 Å². The van der Waals surface area contributed by atoms with Gasteiger partial charge in [-0.2, -0.15) is 5.10 Å². The standard InChI is InChI=1S/C19H26N4O/c1-15-7-10-23(11-8-15)14-17-5-3-4-16(12-17)13-20-19(24)18-6-9-21-22(18)2/h3-6,9,12,15H,7-8,10-11,13-14H2,1-2H3,(H,20,24). The summed E-state index contributed by atoms with van der Waals surface area (Å²) in [6, 6.07) is 10.2. The molecule has 0 radical (unpaired) electrons. The Labute approximate surface area is 143 Å². The summed E-state index contributed by atoms with van der Waals surface area (Å²) >= 11 is 0. The van der Waals surface area contributed by atoms with Crippen LogP contribution in [0.2, 0.25) is 0 Å². The number of hydrogen-bond donors (Lipinski definition) is 1. The number of carbonyl (C=O) groups excluding carboxylic acids is 1. The second-order valence-corrected chi connectivity index (χ2v) is 6.80. The fraction of sp³-hybridized carbons (Fsp3) is 0.474. The number of carbonyl (C=O) groups is 1. The second kappa shape index (κ2) is 7.62. The summed E-state index contributed by atoms with van der Waals surface area (Å²) in [5, 5.41) is 6.99. The quantitative estimate of drug-likeness (QED) is 0.919. The van der Waals surface area contributed by atoms with Gasteiger partial charge in [-0.25, -0.2) is 0 Å². The smallest absolute Gasteiger partial charge is 0.269 e. The number of nitrogens with one attached hydrogen (secondary N) is 1. The number of aryl methyl sites for hydroxylation is 1. The Hall–Kier alpha value is -2.14. The molecule has 5 nitrogen and oxygen atoms in total. The predicted molar refractivity (Wildman–Crippen MR) is 94.5 cm³/mol. The van der Waals surface area contributed by atoms with E-state index < -0.39 is 0 Å². The minimum absolute atomic E-state index is 0.0922. The van der Waals surface area contributed by atoms with Crippen LogP contribution in [0.25, 0.3) is 0 Å². The van der Waals surface area contributed by atoms with Gasteiger partial charge in [0.1, 0.15) is 5.69 Å². The van der Waals surface area contributed by atoms with Gasteiger partial charge in [0.2, 0.25) is 0 Å². The highest BCUT2D eigenvalue weighted by atomic mass is 16.2. The molecule has 24 heavy (non-hydrogen) atoms. The molecular weight excluding hydrogens is 300 g/mol. The van der Waals surface area contributed by atoms with Crippen molar-refractivity contribution in [3.8, 4) is 0 Å². The Balaban J connectivity index is 1.55. The van der Waals surface area contributed by atoms with E-state index in [9.17, 15) is 4.79 Å². The van der Waals surface area contributed by atoms with Gasteiger partial charge in [-0.15, -0.1) is 0 Å². The van der Waals surface area contributed by atoms with E-state index >= 15 is 0 Å². The van der Waals surface area contributed by atoms with Crippen molar-refractivity contribution in [2.75, 3.05) is 13.1 Å². The lowest BCUT2D eigenvalue weighted by Gasteiger charge is -2.30. The molecule has 128 valence electrons. The highest BCUT2D eigenvalue weighted by Crippen LogP contribution is 2.18. The van der Waals surface area contributed by atoms with Gasteiger partial charge >= 0.3 is 0 Å². The highest BCUT2D eigenvalue weighted by Gasteiger charge is 2.15. The molecule has 1 aliphatic heterocycles. The molecular formula is C19H26N4O. The third-order valence-electron chi connectivity index (χ3n) is 4.78. The van der Waals surface area contributed by atoms with E-state index in [4.69, 9.17) is 0 Å². The van der Waals surface area contributed by atoms with Gasteiger partial charge < -0.3 is 5.32 Å². The molecule has 0 aliphatic carbocycles. The molecule has 0 bridgehead atoms. The van der Waals surface area contributed by atoms with E-state index in [0.717, 1.165) is 18.0 Å². The zero-order chi connectivity index (χ0) is 16.9. The number of hydrogen-bond acceptors (Lipinski definition) is 3. The fourth-order valence-electron chi connectivity index (χ4n) is 3.19. The average Bonchev–Trinajstić information content (AvgIpc) is 3.01. The Kier molecular flexibility index (Phi) is 5.30. The molecule has 1 fully saturated rings. The summed E-state index contributed by atoms with van der Waals surface area (Å²) in [6.07, 6.45) is 4.22. The van der Waals surface area contributed by atoms with Gasteiger partial charge in [0.05, 0.1) is 0 Å². The Morgan fingerprint density at radius 1 is 1.25 bits per heavy atom. The van der Waals surface area contributed by atoms with Gasteiger partial charge in [-0.1, -0.05) is 31.2 Å². The van der Waals surface area contributed by atoms with Gasteiger partial charge in [0.15, 0.2) is 0 Å². The normalized spacial score (nSPS) is 16.2. The van der Waals surface area contributed by atoms with Gasteiger partial charge in [0, 0.05) is 26.3 Å². The summed E-state index contributed by atoms with van der Waals surface area (Å²) in [4.78, 5) is 14.7. The van der Waals surface area contributed by atoms with E-state index in [1.54, 1.807) is 24.0 Å². The summed E-state index contributed by atoms with van der Waals surface area (Å²) in [5.74, 6) is 0.764. The summed E-state index contributed by atoms with van der Waals surface area (Å²) in [6.45, 7) is 6.24. The molecule has 0 saturated carbocycles. The molecule has 5 heteroatoms.